The highest BCUT2D eigenvalue weighted by Gasteiger charge is 2.09. The number of pyridine rings is 1. The molecule has 0 bridgehead atoms. The summed E-state index contributed by atoms with van der Waals surface area (Å²) in [6, 6.07) is 3.78. The normalized spacial score (nSPS) is 10.8. The molecule has 20 heavy (non-hydrogen) atoms. The molecule has 0 aromatic carbocycles. The lowest BCUT2D eigenvalue weighted by Crippen LogP contribution is -2.22. The van der Waals surface area contributed by atoms with Gasteiger partial charge in [-0.3, -0.25) is 4.98 Å². The van der Waals surface area contributed by atoms with Crippen molar-refractivity contribution in [3.05, 3.63) is 53.0 Å². The summed E-state index contributed by atoms with van der Waals surface area (Å²) >= 11 is 0. The molecule has 0 radical (unpaired) electrons. The summed E-state index contributed by atoms with van der Waals surface area (Å²) in [7, 11) is 0. The van der Waals surface area contributed by atoms with Crippen LogP contribution in [-0.4, -0.2) is 30.7 Å². The van der Waals surface area contributed by atoms with Gasteiger partial charge in [-0.15, -0.1) is 5.10 Å². The molecule has 1 N–H and O–H groups in total. The van der Waals surface area contributed by atoms with E-state index in [0.717, 1.165) is 17.9 Å². The number of nitrogens with one attached hydrogen (secondary N) is 1. The number of aromatic nitrogens is 5. The summed E-state index contributed by atoms with van der Waals surface area (Å²) in [5, 5.41) is 7.43. The second-order valence-electron chi connectivity index (χ2n) is 4.29. The van der Waals surface area contributed by atoms with Crippen molar-refractivity contribution in [3.63, 3.8) is 0 Å². The maximum atomic E-state index is 12.2. The number of hydrogen-bond donors (Lipinski definition) is 1. The first-order valence-corrected chi connectivity index (χ1v) is 6.36. The van der Waals surface area contributed by atoms with Crippen LogP contribution >= 0.6 is 0 Å². The van der Waals surface area contributed by atoms with E-state index in [1.165, 1.54) is 9.08 Å². The van der Waals surface area contributed by atoms with Gasteiger partial charge in [-0.05, 0) is 13.0 Å². The summed E-state index contributed by atoms with van der Waals surface area (Å²) < 4.78 is 2.88. The Balaban J connectivity index is 2.01. The van der Waals surface area contributed by atoms with Crippen LogP contribution in [0.15, 0.2) is 41.7 Å². The first-order valence-electron chi connectivity index (χ1n) is 6.36. The van der Waals surface area contributed by atoms with Crippen LogP contribution in [-0.2, 0) is 6.54 Å². The van der Waals surface area contributed by atoms with Crippen LogP contribution in [0.5, 0.6) is 0 Å². The zero-order chi connectivity index (χ0) is 13.9. The molecule has 0 unspecified atom stereocenters. The van der Waals surface area contributed by atoms with Crippen LogP contribution in [0.3, 0.4) is 0 Å². The molecule has 7 heteroatoms. The fraction of sp³-hybridized carbons (Fsp3) is 0.231. The zero-order valence-corrected chi connectivity index (χ0v) is 11.0. The minimum atomic E-state index is -0.186. The summed E-state index contributed by atoms with van der Waals surface area (Å²) in [6.07, 6.45) is 6.45. The van der Waals surface area contributed by atoms with Gasteiger partial charge in [0.05, 0.1) is 12.7 Å². The standard InChI is InChI=1S/C13H14N6O/c1-2-15-12-10(4-3-5-16-12)9-19-13(20)18-7-6-14-8-11(18)17-19/h3-8H,2,9H2,1H3,(H,15,16). The average Bonchev–Trinajstić information content (AvgIpc) is 2.79. The molecule has 0 aliphatic carbocycles. The number of nitrogens with zero attached hydrogens (tertiary/aromatic N) is 5. The fourth-order valence-electron chi connectivity index (χ4n) is 2.04. The van der Waals surface area contributed by atoms with E-state index in [2.05, 4.69) is 20.4 Å². The molecular weight excluding hydrogens is 256 g/mol. The van der Waals surface area contributed by atoms with Gasteiger partial charge in [-0.1, -0.05) is 6.07 Å². The summed E-state index contributed by atoms with van der Waals surface area (Å²) in [4.78, 5) is 20.4. The van der Waals surface area contributed by atoms with Crippen molar-refractivity contribution in [2.45, 2.75) is 13.5 Å². The molecule has 3 aromatic heterocycles. The topological polar surface area (TPSA) is 77.1 Å². The Morgan fingerprint density at radius 3 is 3.05 bits per heavy atom. The molecule has 0 saturated heterocycles. The van der Waals surface area contributed by atoms with E-state index >= 15 is 0 Å². The predicted octanol–water partition coefficient (Wildman–Crippen LogP) is 0.766. The maximum Gasteiger partial charge on any atom is 0.350 e. The van der Waals surface area contributed by atoms with Crippen LogP contribution in [0.4, 0.5) is 5.82 Å². The number of rotatable bonds is 4. The molecule has 0 saturated carbocycles. The molecule has 3 rings (SSSR count). The molecule has 0 aliphatic heterocycles. The molecule has 0 aliphatic rings. The van der Waals surface area contributed by atoms with Crippen LogP contribution in [0.2, 0.25) is 0 Å². The number of anilines is 1. The van der Waals surface area contributed by atoms with Gasteiger partial charge < -0.3 is 5.32 Å². The maximum absolute atomic E-state index is 12.2. The third kappa shape index (κ3) is 2.13. The fourth-order valence-corrected chi connectivity index (χ4v) is 2.04. The van der Waals surface area contributed by atoms with Crippen molar-refractivity contribution in [1.82, 2.24) is 24.1 Å². The average molecular weight is 270 g/mol. The summed E-state index contributed by atoms with van der Waals surface area (Å²) in [6.45, 7) is 3.14. The second kappa shape index (κ2) is 5.12. The molecule has 0 fully saturated rings. The lowest BCUT2D eigenvalue weighted by atomic mass is 10.2. The second-order valence-corrected chi connectivity index (χ2v) is 4.29. The van der Waals surface area contributed by atoms with E-state index in [1.807, 2.05) is 19.1 Å². The van der Waals surface area contributed by atoms with Crippen molar-refractivity contribution >= 4 is 11.5 Å². The van der Waals surface area contributed by atoms with Gasteiger partial charge >= 0.3 is 5.69 Å². The van der Waals surface area contributed by atoms with E-state index in [-0.39, 0.29) is 5.69 Å². The Kier molecular flexibility index (Phi) is 3.16. The van der Waals surface area contributed by atoms with E-state index in [9.17, 15) is 4.79 Å². The number of hydrogen-bond acceptors (Lipinski definition) is 5. The SMILES string of the molecule is CCNc1ncccc1Cn1nc2cnccn2c1=O. The molecule has 0 atom stereocenters. The van der Waals surface area contributed by atoms with Gasteiger partial charge in [0, 0.05) is 30.7 Å². The van der Waals surface area contributed by atoms with Crippen molar-refractivity contribution in [2.75, 3.05) is 11.9 Å². The summed E-state index contributed by atoms with van der Waals surface area (Å²) in [5.41, 5.74) is 1.27. The van der Waals surface area contributed by atoms with Gasteiger partial charge in [0.25, 0.3) is 0 Å². The molecular formula is C13H14N6O. The Morgan fingerprint density at radius 1 is 1.35 bits per heavy atom. The minimum absolute atomic E-state index is 0.186. The highest BCUT2D eigenvalue weighted by molar-refractivity contribution is 5.43. The Hall–Kier alpha value is -2.70. The van der Waals surface area contributed by atoms with E-state index in [1.54, 1.807) is 24.8 Å². The van der Waals surface area contributed by atoms with Crippen LogP contribution in [0.25, 0.3) is 5.65 Å². The highest BCUT2D eigenvalue weighted by Crippen LogP contribution is 2.11. The predicted molar refractivity (Wildman–Crippen MR) is 74.7 cm³/mol. The molecule has 0 spiro atoms. The van der Waals surface area contributed by atoms with Crippen molar-refractivity contribution in [3.8, 4) is 0 Å². The monoisotopic (exact) mass is 270 g/mol. The summed E-state index contributed by atoms with van der Waals surface area (Å²) in [5.74, 6) is 0.775. The molecule has 7 nitrogen and oxygen atoms in total. The smallest absolute Gasteiger partial charge is 0.350 e. The third-order valence-corrected chi connectivity index (χ3v) is 2.94. The Morgan fingerprint density at radius 2 is 2.25 bits per heavy atom. The first-order chi connectivity index (χ1) is 9.79. The van der Waals surface area contributed by atoms with E-state index in [0.29, 0.717) is 12.2 Å². The van der Waals surface area contributed by atoms with Gasteiger partial charge in [0.15, 0.2) is 5.65 Å². The first kappa shape index (κ1) is 12.3. The lowest BCUT2D eigenvalue weighted by molar-refractivity contribution is 0.658. The highest BCUT2D eigenvalue weighted by atomic mass is 16.2. The molecule has 3 heterocycles. The molecule has 102 valence electrons. The van der Waals surface area contributed by atoms with Gasteiger partial charge in [0.1, 0.15) is 5.82 Å². The van der Waals surface area contributed by atoms with E-state index < -0.39 is 0 Å². The minimum Gasteiger partial charge on any atom is -0.370 e. The largest absolute Gasteiger partial charge is 0.370 e. The van der Waals surface area contributed by atoms with Crippen LogP contribution in [0, 0.1) is 0 Å². The zero-order valence-electron chi connectivity index (χ0n) is 11.0. The van der Waals surface area contributed by atoms with E-state index in [4.69, 9.17) is 0 Å². The third-order valence-electron chi connectivity index (χ3n) is 2.94. The van der Waals surface area contributed by atoms with Gasteiger partial charge in [0.2, 0.25) is 0 Å². The van der Waals surface area contributed by atoms with Gasteiger partial charge in [-0.2, -0.15) is 0 Å². The van der Waals surface area contributed by atoms with Crippen LogP contribution < -0.4 is 11.0 Å². The quantitative estimate of drug-likeness (QED) is 0.757. The Bertz CT molecular complexity index is 791. The van der Waals surface area contributed by atoms with Crippen molar-refractivity contribution < 1.29 is 0 Å². The molecule has 0 amide bonds. The number of fused-ring (bicyclic) bond motifs is 1. The lowest BCUT2D eigenvalue weighted by Gasteiger charge is -2.08. The molecule has 3 aromatic rings. The van der Waals surface area contributed by atoms with Crippen molar-refractivity contribution in [1.29, 1.82) is 0 Å². The Labute approximate surface area is 114 Å². The van der Waals surface area contributed by atoms with Crippen molar-refractivity contribution in [2.24, 2.45) is 0 Å². The van der Waals surface area contributed by atoms with Crippen LogP contribution in [0.1, 0.15) is 12.5 Å². The van der Waals surface area contributed by atoms with Gasteiger partial charge in [-0.25, -0.2) is 18.9 Å².